The number of guanidine groups is 1. The minimum atomic E-state index is 0. The summed E-state index contributed by atoms with van der Waals surface area (Å²) in [5.41, 5.74) is 0.765. The molecular formula is C9H10Br3N3O. The molecule has 0 aliphatic carbocycles. The molecule has 16 heavy (non-hydrogen) atoms. The van der Waals surface area contributed by atoms with Gasteiger partial charge >= 0.3 is 0 Å². The van der Waals surface area contributed by atoms with Crippen LogP contribution in [-0.4, -0.2) is 29.3 Å². The summed E-state index contributed by atoms with van der Waals surface area (Å²) >= 11 is 6.82. The van der Waals surface area contributed by atoms with E-state index in [1.54, 1.807) is 0 Å². The quantitative estimate of drug-likeness (QED) is 0.741. The number of para-hydroxylation sites is 1. The highest BCUT2D eigenvalue weighted by molar-refractivity contribution is 9.11. The van der Waals surface area contributed by atoms with E-state index in [0.29, 0.717) is 19.0 Å². The Morgan fingerprint density at radius 2 is 1.94 bits per heavy atom. The molecule has 0 radical (unpaired) electrons. The summed E-state index contributed by atoms with van der Waals surface area (Å²) in [5, 5.41) is 13.5. The SMILES string of the molecule is Br.ON1CCN/C1=N\c1c(Br)cccc1Br. The molecule has 1 fully saturated rings. The van der Waals surface area contributed by atoms with Crippen LogP contribution in [-0.2, 0) is 0 Å². The van der Waals surface area contributed by atoms with Crippen LogP contribution in [0.2, 0.25) is 0 Å². The van der Waals surface area contributed by atoms with Gasteiger partial charge in [-0.15, -0.1) is 17.0 Å². The lowest BCUT2D eigenvalue weighted by Gasteiger charge is -2.09. The Labute approximate surface area is 121 Å². The number of hydrogen-bond acceptors (Lipinski definition) is 2. The van der Waals surface area contributed by atoms with E-state index in [1.807, 2.05) is 18.2 Å². The maximum absolute atomic E-state index is 9.44. The number of hydrogen-bond donors (Lipinski definition) is 2. The second-order valence-corrected chi connectivity index (χ2v) is 4.76. The average Bonchev–Trinajstić information content (AvgIpc) is 2.58. The molecule has 1 aliphatic heterocycles. The average molecular weight is 416 g/mol. The molecule has 0 saturated carbocycles. The molecule has 0 unspecified atom stereocenters. The molecule has 88 valence electrons. The number of rotatable bonds is 1. The number of aliphatic imine (C=N–C) groups is 1. The van der Waals surface area contributed by atoms with Crippen LogP contribution in [0.1, 0.15) is 0 Å². The van der Waals surface area contributed by atoms with Crippen LogP contribution < -0.4 is 5.32 Å². The second-order valence-electron chi connectivity index (χ2n) is 3.06. The molecule has 1 aromatic carbocycles. The summed E-state index contributed by atoms with van der Waals surface area (Å²) in [6.45, 7) is 1.26. The number of hydroxylamine groups is 2. The van der Waals surface area contributed by atoms with E-state index in [9.17, 15) is 5.21 Å². The van der Waals surface area contributed by atoms with Crippen LogP contribution >= 0.6 is 48.8 Å². The lowest BCUT2D eigenvalue weighted by Crippen LogP contribution is -2.26. The van der Waals surface area contributed by atoms with E-state index in [-0.39, 0.29) is 17.0 Å². The van der Waals surface area contributed by atoms with Gasteiger partial charge in [0.25, 0.3) is 0 Å². The third-order valence-corrected chi connectivity index (χ3v) is 3.29. The van der Waals surface area contributed by atoms with Crippen molar-refractivity contribution in [1.82, 2.24) is 10.4 Å². The second kappa shape index (κ2) is 6.00. The van der Waals surface area contributed by atoms with Crippen LogP contribution in [0.25, 0.3) is 0 Å². The van der Waals surface area contributed by atoms with Crippen LogP contribution in [0.3, 0.4) is 0 Å². The first-order chi connectivity index (χ1) is 7.18. The molecule has 1 saturated heterocycles. The van der Waals surface area contributed by atoms with Crippen molar-refractivity contribution < 1.29 is 5.21 Å². The van der Waals surface area contributed by atoms with Gasteiger partial charge in [0, 0.05) is 15.5 Å². The van der Waals surface area contributed by atoms with Crippen molar-refractivity contribution in [2.75, 3.05) is 13.1 Å². The molecule has 1 aromatic rings. The van der Waals surface area contributed by atoms with Crippen molar-refractivity contribution in [2.24, 2.45) is 4.99 Å². The summed E-state index contributed by atoms with van der Waals surface area (Å²) in [7, 11) is 0. The Kier molecular flexibility index (Phi) is 5.23. The van der Waals surface area contributed by atoms with E-state index in [1.165, 1.54) is 0 Å². The topological polar surface area (TPSA) is 47.9 Å². The summed E-state index contributed by atoms with van der Waals surface area (Å²) < 4.78 is 1.76. The molecule has 7 heteroatoms. The number of nitrogens with zero attached hydrogens (tertiary/aromatic N) is 2. The third kappa shape index (κ3) is 2.97. The number of halogens is 3. The van der Waals surface area contributed by atoms with Gasteiger partial charge in [-0.3, -0.25) is 5.21 Å². The zero-order valence-corrected chi connectivity index (χ0v) is 13.0. The molecule has 1 heterocycles. The van der Waals surface area contributed by atoms with Crippen molar-refractivity contribution in [2.45, 2.75) is 0 Å². The highest BCUT2D eigenvalue weighted by atomic mass is 79.9. The largest absolute Gasteiger partial charge is 0.352 e. The smallest absolute Gasteiger partial charge is 0.223 e. The normalized spacial score (nSPS) is 17.2. The van der Waals surface area contributed by atoms with Crippen molar-refractivity contribution in [3.63, 3.8) is 0 Å². The standard InChI is InChI=1S/C9H9Br2N3O.BrH/c10-6-2-1-3-7(11)8(6)13-9-12-4-5-14(9)15;/h1-3,15H,4-5H2,(H,12,13);1H. The van der Waals surface area contributed by atoms with Gasteiger partial charge in [0.1, 0.15) is 0 Å². The van der Waals surface area contributed by atoms with Gasteiger partial charge in [-0.1, -0.05) is 6.07 Å². The summed E-state index contributed by atoms with van der Waals surface area (Å²) in [6, 6.07) is 5.72. The molecule has 2 N–H and O–H groups in total. The van der Waals surface area contributed by atoms with Crippen molar-refractivity contribution >= 4 is 60.5 Å². The van der Waals surface area contributed by atoms with Crippen molar-refractivity contribution in [1.29, 1.82) is 0 Å². The van der Waals surface area contributed by atoms with Crippen LogP contribution in [0.4, 0.5) is 5.69 Å². The first-order valence-electron chi connectivity index (χ1n) is 4.41. The number of benzene rings is 1. The maximum Gasteiger partial charge on any atom is 0.223 e. The highest BCUT2D eigenvalue weighted by Gasteiger charge is 2.16. The molecule has 0 bridgehead atoms. The predicted molar refractivity (Wildman–Crippen MR) is 75.8 cm³/mol. The summed E-state index contributed by atoms with van der Waals surface area (Å²) in [5.74, 6) is 0.475. The zero-order valence-electron chi connectivity index (χ0n) is 8.15. The Hall–Kier alpha value is -0.110. The number of nitrogens with one attached hydrogen (secondary N) is 1. The zero-order chi connectivity index (χ0) is 10.8. The van der Waals surface area contributed by atoms with Gasteiger partial charge in [-0.05, 0) is 44.0 Å². The van der Waals surface area contributed by atoms with Gasteiger partial charge in [0.15, 0.2) is 0 Å². The van der Waals surface area contributed by atoms with Crippen molar-refractivity contribution in [3.8, 4) is 0 Å². The molecule has 0 amide bonds. The van der Waals surface area contributed by atoms with Crippen LogP contribution in [0.5, 0.6) is 0 Å². The maximum atomic E-state index is 9.44. The van der Waals surface area contributed by atoms with Crippen LogP contribution in [0.15, 0.2) is 32.1 Å². The summed E-state index contributed by atoms with van der Waals surface area (Å²) in [6.07, 6.45) is 0. The Bertz CT molecular complexity index is 391. The van der Waals surface area contributed by atoms with Gasteiger partial charge in [0.05, 0.1) is 12.2 Å². The molecule has 0 aromatic heterocycles. The highest BCUT2D eigenvalue weighted by Crippen LogP contribution is 2.33. The minimum absolute atomic E-state index is 0. The lowest BCUT2D eigenvalue weighted by atomic mass is 10.3. The monoisotopic (exact) mass is 413 g/mol. The Balaban J connectivity index is 0.00000128. The fraction of sp³-hybridized carbons (Fsp3) is 0.222. The fourth-order valence-corrected chi connectivity index (χ4v) is 2.45. The van der Waals surface area contributed by atoms with E-state index >= 15 is 0 Å². The van der Waals surface area contributed by atoms with E-state index in [0.717, 1.165) is 19.7 Å². The fourth-order valence-electron chi connectivity index (χ4n) is 1.27. The minimum Gasteiger partial charge on any atom is -0.352 e. The molecule has 0 atom stereocenters. The predicted octanol–water partition coefficient (Wildman–Crippen LogP) is 3.07. The summed E-state index contributed by atoms with van der Waals surface area (Å²) in [4.78, 5) is 4.33. The third-order valence-electron chi connectivity index (χ3n) is 2.01. The van der Waals surface area contributed by atoms with E-state index in [4.69, 9.17) is 0 Å². The lowest BCUT2D eigenvalue weighted by molar-refractivity contribution is -0.00126. The molecule has 1 aliphatic rings. The Morgan fingerprint density at radius 3 is 2.44 bits per heavy atom. The van der Waals surface area contributed by atoms with Gasteiger partial charge < -0.3 is 5.32 Å². The molecule has 2 rings (SSSR count). The first kappa shape index (κ1) is 14.0. The van der Waals surface area contributed by atoms with Crippen LogP contribution in [0, 0.1) is 0 Å². The Morgan fingerprint density at radius 1 is 1.31 bits per heavy atom. The first-order valence-corrected chi connectivity index (χ1v) is 6.00. The van der Waals surface area contributed by atoms with E-state index < -0.39 is 0 Å². The van der Waals surface area contributed by atoms with E-state index in [2.05, 4.69) is 42.2 Å². The van der Waals surface area contributed by atoms with Gasteiger partial charge in [-0.2, -0.15) is 0 Å². The van der Waals surface area contributed by atoms with Crippen molar-refractivity contribution in [3.05, 3.63) is 27.1 Å². The molecule has 0 spiro atoms. The van der Waals surface area contributed by atoms with Gasteiger partial charge in [-0.25, -0.2) is 10.1 Å². The molecular weight excluding hydrogens is 406 g/mol. The van der Waals surface area contributed by atoms with Gasteiger partial charge in [0.2, 0.25) is 5.96 Å². The molecule has 4 nitrogen and oxygen atoms in total.